The van der Waals surface area contributed by atoms with Crippen molar-refractivity contribution in [2.24, 2.45) is 0 Å². The molecule has 0 radical (unpaired) electrons. The predicted octanol–water partition coefficient (Wildman–Crippen LogP) is 1.51. The molecule has 0 bridgehead atoms. The fourth-order valence-corrected chi connectivity index (χ4v) is 2.68. The maximum Gasteiger partial charge on any atom is 0.321 e. The zero-order valence-corrected chi connectivity index (χ0v) is 12.2. The van der Waals surface area contributed by atoms with Gasteiger partial charge in [0.1, 0.15) is 22.6 Å². The van der Waals surface area contributed by atoms with E-state index in [-0.39, 0.29) is 6.61 Å². The molecule has 0 saturated heterocycles. The van der Waals surface area contributed by atoms with E-state index in [1.165, 1.54) is 6.92 Å². The summed E-state index contributed by atoms with van der Waals surface area (Å²) in [6, 6.07) is 2.20. The molecule has 0 amide bonds. The molecule has 116 valence electrons. The largest absolute Gasteiger partial charge is 0.465 e. The van der Waals surface area contributed by atoms with Crippen LogP contribution in [0.25, 0.3) is 0 Å². The molecule has 8 heteroatoms. The highest BCUT2D eigenvalue weighted by molar-refractivity contribution is 7.93. The normalized spacial score (nSPS) is 12.8. The van der Waals surface area contributed by atoms with Crippen LogP contribution in [0.3, 0.4) is 0 Å². The quantitative estimate of drug-likeness (QED) is 0.586. The molecule has 0 aliphatic carbocycles. The van der Waals surface area contributed by atoms with Crippen LogP contribution in [0.1, 0.15) is 24.2 Å². The second kappa shape index (κ2) is 6.75. The molecule has 1 unspecified atom stereocenters. The molecule has 1 aromatic carbocycles. The van der Waals surface area contributed by atoms with Gasteiger partial charge in [-0.05, 0) is 26.0 Å². The Morgan fingerprint density at radius 3 is 2.43 bits per heavy atom. The molecule has 0 fully saturated rings. The first-order chi connectivity index (χ1) is 9.69. The standard InChI is InChI=1S/C13H14F2O5S/c1-3-20-12(16)7-21(18,19)8(2)13(17)10-5-4-9(14)6-11(10)15/h4-6,8H,3,7H2,1-2H3. The Labute approximate surface area is 120 Å². The molecule has 0 N–H and O–H groups in total. The lowest BCUT2D eigenvalue weighted by atomic mass is 10.1. The Morgan fingerprint density at radius 2 is 1.90 bits per heavy atom. The van der Waals surface area contributed by atoms with Crippen molar-refractivity contribution >= 4 is 21.6 Å². The lowest BCUT2D eigenvalue weighted by Gasteiger charge is -2.12. The van der Waals surface area contributed by atoms with Crippen LogP contribution in [-0.4, -0.2) is 37.8 Å². The minimum absolute atomic E-state index is 0.00325. The van der Waals surface area contributed by atoms with Gasteiger partial charge in [0.15, 0.2) is 15.6 Å². The molecule has 1 rings (SSSR count). The predicted molar refractivity (Wildman–Crippen MR) is 70.6 cm³/mol. The summed E-state index contributed by atoms with van der Waals surface area (Å²) in [4.78, 5) is 23.2. The Morgan fingerprint density at radius 1 is 1.29 bits per heavy atom. The number of sulfone groups is 1. The lowest BCUT2D eigenvalue weighted by Crippen LogP contribution is -2.33. The Bertz CT molecular complexity index is 655. The summed E-state index contributed by atoms with van der Waals surface area (Å²) in [6.07, 6.45) is 0. The molecule has 0 aliphatic heterocycles. The number of carbonyl (C=O) groups excluding carboxylic acids is 2. The molecule has 0 aromatic heterocycles. The van der Waals surface area contributed by atoms with Crippen LogP contribution in [0, 0.1) is 11.6 Å². The van der Waals surface area contributed by atoms with E-state index in [0.717, 1.165) is 19.1 Å². The third-order valence-corrected chi connectivity index (χ3v) is 4.66. The molecule has 0 saturated carbocycles. The fraction of sp³-hybridized carbons (Fsp3) is 0.385. The Kier molecular flexibility index (Phi) is 5.54. The molecular formula is C13H14F2O5S. The fourth-order valence-electron chi connectivity index (χ4n) is 1.56. The van der Waals surface area contributed by atoms with Gasteiger partial charge < -0.3 is 4.74 Å². The first-order valence-electron chi connectivity index (χ1n) is 6.05. The summed E-state index contributed by atoms with van der Waals surface area (Å²) in [7, 11) is -4.14. The highest BCUT2D eigenvalue weighted by Gasteiger charge is 2.32. The molecule has 5 nitrogen and oxygen atoms in total. The van der Waals surface area contributed by atoms with Crippen LogP contribution < -0.4 is 0 Å². The van der Waals surface area contributed by atoms with E-state index < -0.39 is 49.8 Å². The van der Waals surface area contributed by atoms with Crippen molar-refractivity contribution in [1.82, 2.24) is 0 Å². The molecule has 0 heterocycles. The summed E-state index contributed by atoms with van der Waals surface area (Å²) >= 11 is 0. The number of ether oxygens (including phenoxy) is 1. The Balaban J connectivity index is 2.98. The number of halogens is 2. The average Bonchev–Trinajstić information content (AvgIpc) is 2.36. The van der Waals surface area contributed by atoms with Gasteiger partial charge in [0.25, 0.3) is 0 Å². The van der Waals surface area contributed by atoms with Crippen molar-refractivity contribution in [2.45, 2.75) is 19.1 Å². The van der Waals surface area contributed by atoms with Crippen molar-refractivity contribution in [3.63, 3.8) is 0 Å². The molecule has 0 aliphatic rings. The van der Waals surface area contributed by atoms with Gasteiger partial charge in [-0.15, -0.1) is 0 Å². The average molecular weight is 320 g/mol. The van der Waals surface area contributed by atoms with Crippen LogP contribution in [0.2, 0.25) is 0 Å². The van der Waals surface area contributed by atoms with E-state index in [2.05, 4.69) is 4.74 Å². The number of esters is 1. The minimum atomic E-state index is -4.14. The van der Waals surface area contributed by atoms with Gasteiger partial charge in [-0.2, -0.15) is 0 Å². The van der Waals surface area contributed by atoms with E-state index in [4.69, 9.17) is 0 Å². The number of hydrogen-bond donors (Lipinski definition) is 0. The van der Waals surface area contributed by atoms with Crippen molar-refractivity contribution in [3.05, 3.63) is 35.4 Å². The van der Waals surface area contributed by atoms with Gasteiger partial charge in [-0.25, -0.2) is 17.2 Å². The summed E-state index contributed by atoms with van der Waals surface area (Å²) in [6.45, 7) is 2.55. The molecule has 1 atom stereocenters. The van der Waals surface area contributed by atoms with E-state index in [1.807, 2.05) is 0 Å². The van der Waals surface area contributed by atoms with Crippen LogP contribution in [0.4, 0.5) is 8.78 Å². The number of rotatable bonds is 6. The van der Waals surface area contributed by atoms with E-state index >= 15 is 0 Å². The molecular weight excluding hydrogens is 306 g/mol. The molecule has 0 spiro atoms. The first kappa shape index (κ1) is 17.2. The van der Waals surface area contributed by atoms with E-state index in [9.17, 15) is 26.8 Å². The van der Waals surface area contributed by atoms with E-state index in [0.29, 0.717) is 6.07 Å². The SMILES string of the molecule is CCOC(=O)CS(=O)(=O)C(C)C(=O)c1ccc(F)cc1F. The number of Topliss-reactive ketones (excluding diaryl/α,β-unsaturated/α-hetero) is 1. The maximum absolute atomic E-state index is 13.5. The highest BCUT2D eigenvalue weighted by atomic mass is 32.2. The van der Waals surface area contributed by atoms with Crippen LogP contribution in [-0.2, 0) is 19.4 Å². The van der Waals surface area contributed by atoms with Gasteiger partial charge >= 0.3 is 5.97 Å². The Hall–Kier alpha value is -1.83. The van der Waals surface area contributed by atoms with Crippen LogP contribution >= 0.6 is 0 Å². The topological polar surface area (TPSA) is 77.5 Å². The smallest absolute Gasteiger partial charge is 0.321 e. The lowest BCUT2D eigenvalue weighted by molar-refractivity contribution is -0.139. The zero-order valence-electron chi connectivity index (χ0n) is 11.4. The van der Waals surface area contributed by atoms with Crippen LogP contribution in [0.5, 0.6) is 0 Å². The van der Waals surface area contributed by atoms with Gasteiger partial charge in [-0.1, -0.05) is 0 Å². The van der Waals surface area contributed by atoms with Crippen LogP contribution in [0.15, 0.2) is 18.2 Å². The van der Waals surface area contributed by atoms with Crippen molar-refractivity contribution in [3.8, 4) is 0 Å². The number of carbonyl (C=O) groups is 2. The summed E-state index contributed by atoms with van der Waals surface area (Å²) in [5, 5.41) is -1.64. The molecule has 1 aromatic rings. The third kappa shape index (κ3) is 4.32. The van der Waals surface area contributed by atoms with E-state index in [1.54, 1.807) is 0 Å². The van der Waals surface area contributed by atoms with Gasteiger partial charge in [0, 0.05) is 6.07 Å². The summed E-state index contributed by atoms with van der Waals surface area (Å²) in [5.41, 5.74) is -0.545. The van der Waals surface area contributed by atoms with Crippen molar-refractivity contribution in [2.75, 3.05) is 12.4 Å². The second-order valence-electron chi connectivity index (χ2n) is 4.24. The first-order valence-corrected chi connectivity index (χ1v) is 7.77. The number of benzene rings is 1. The summed E-state index contributed by atoms with van der Waals surface area (Å²) < 4.78 is 54.5. The molecule has 21 heavy (non-hydrogen) atoms. The minimum Gasteiger partial charge on any atom is -0.465 e. The van der Waals surface area contributed by atoms with Crippen molar-refractivity contribution < 1.29 is 31.5 Å². The van der Waals surface area contributed by atoms with Gasteiger partial charge in [0.05, 0.1) is 12.2 Å². The highest BCUT2D eigenvalue weighted by Crippen LogP contribution is 2.16. The van der Waals surface area contributed by atoms with Gasteiger partial charge in [-0.3, -0.25) is 9.59 Å². The van der Waals surface area contributed by atoms with Crippen molar-refractivity contribution in [1.29, 1.82) is 0 Å². The third-order valence-electron chi connectivity index (χ3n) is 2.73. The maximum atomic E-state index is 13.5. The second-order valence-corrected chi connectivity index (χ2v) is 6.56. The number of hydrogen-bond acceptors (Lipinski definition) is 5. The summed E-state index contributed by atoms with van der Waals surface area (Å²) in [5.74, 6) is -5.05. The van der Waals surface area contributed by atoms with Gasteiger partial charge in [0.2, 0.25) is 0 Å². The zero-order chi connectivity index (χ0) is 16.2. The monoisotopic (exact) mass is 320 g/mol. The number of ketones is 1.